The third kappa shape index (κ3) is 4.69. The zero-order chi connectivity index (χ0) is 26.1. The first kappa shape index (κ1) is 25.2. The van der Waals surface area contributed by atoms with Crippen molar-refractivity contribution in [1.29, 1.82) is 0 Å². The number of hydrogen-bond donors (Lipinski definition) is 2. The monoisotopic (exact) mass is 502 g/mol. The van der Waals surface area contributed by atoms with Gasteiger partial charge in [0.25, 0.3) is 0 Å². The number of piperidine rings is 3. The van der Waals surface area contributed by atoms with Crippen LogP contribution in [0.3, 0.4) is 0 Å². The van der Waals surface area contributed by atoms with Crippen LogP contribution in [0.15, 0.2) is 61.3 Å². The van der Waals surface area contributed by atoms with Crippen LogP contribution in [0, 0.1) is 11.8 Å². The average molecular weight is 503 g/mol. The molecule has 194 valence electrons. The van der Waals surface area contributed by atoms with E-state index in [0.717, 1.165) is 47.1 Å². The van der Waals surface area contributed by atoms with Gasteiger partial charge in [-0.15, -0.1) is 6.58 Å². The fourth-order valence-corrected chi connectivity index (χ4v) is 6.15. The summed E-state index contributed by atoms with van der Waals surface area (Å²) < 4.78 is 10.2. The second kappa shape index (κ2) is 10.5. The van der Waals surface area contributed by atoms with Crippen molar-refractivity contribution in [1.82, 2.24) is 9.88 Å². The van der Waals surface area contributed by atoms with Crippen molar-refractivity contribution in [3.63, 3.8) is 0 Å². The lowest BCUT2D eigenvalue weighted by Gasteiger charge is -2.50. The first-order valence-electron chi connectivity index (χ1n) is 12.8. The highest BCUT2D eigenvalue weighted by molar-refractivity contribution is 5.82. The molecule has 4 aliphatic rings. The Labute approximate surface area is 217 Å². The minimum absolute atomic E-state index is 0.223. The topological polar surface area (TPSA) is 92.1 Å². The number of carbonyl (C=O) groups is 1. The van der Waals surface area contributed by atoms with E-state index in [2.05, 4.69) is 28.6 Å². The summed E-state index contributed by atoms with van der Waals surface area (Å²) in [6.45, 7) is 6.11. The normalized spacial score (nSPS) is 26.2. The lowest BCUT2D eigenvalue weighted by Crippen LogP contribution is -2.54. The molecule has 0 spiro atoms. The van der Waals surface area contributed by atoms with Crippen LogP contribution in [-0.2, 0) is 11.2 Å². The molecule has 3 aromatic rings. The van der Waals surface area contributed by atoms with Crippen molar-refractivity contribution < 1.29 is 24.5 Å². The maximum absolute atomic E-state index is 11.0. The number of hydrogen-bond acceptors (Lipinski definition) is 6. The fourth-order valence-electron chi connectivity index (χ4n) is 6.15. The van der Waals surface area contributed by atoms with E-state index in [4.69, 9.17) is 14.6 Å². The minimum atomic E-state index is -0.783. The molecule has 0 radical (unpaired) electrons. The van der Waals surface area contributed by atoms with E-state index in [-0.39, 0.29) is 12.0 Å². The standard InChI is InChI=1S/C19H22N2O.C11H12O4/c1-2-13-12-21-10-8-14(13)11-18(21)19(22)16-7-9-20-17-6-4-3-5-15(16)17;1-14-9-4-6-3-8(11(12)13)7(6)5-10(9)15-2/h2-7,9,13-14,18-19,22H,1,8,10-12H2;4-5,8H,3H2,1-2H3,(H,12,13)/t13-,14-,18+,19-;8-/m00/s1. The number of methoxy groups -OCH3 is 2. The van der Waals surface area contributed by atoms with Crippen molar-refractivity contribution in [2.75, 3.05) is 27.3 Å². The van der Waals surface area contributed by atoms with Crippen LogP contribution < -0.4 is 9.47 Å². The lowest BCUT2D eigenvalue weighted by molar-refractivity contribution is -0.139. The van der Waals surface area contributed by atoms with Crippen molar-refractivity contribution in [2.24, 2.45) is 11.8 Å². The zero-order valence-corrected chi connectivity index (χ0v) is 21.3. The second-order valence-electron chi connectivity index (χ2n) is 10.1. The number of aliphatic carboxylic acids is 1. The number of nitrogens with zero attached hydrogens (tertiary/aromatic N) is 2. The Hall–Kier alpha value is -3.42. The number of aliphatic hydroxyl groups excluding tert-OH is 1. The number of pyridine rings is 1. The molecule has 6 atom stereocenters. The number of rotatable bonds is 6. The summed E-state index contributed by atoms with van der Waals surface area (Å²) >= 11 is 0. The van der Waals surface area contributed by atoms with Gasteiger partial charge in [-0.2, -0.15) is 0 Å². The smallest absolute Gasteiger partial charge is 0.311 e. The van der Waals surface area contributed by atoms with Crippen LogP contribution in [0.2, 0.25) is 0 Å². The van der Waals surface area contributed by atoms with E-state index in [0.29, 0.717) is 29.8 Å². The van der Waals surface area contributed by atoms with Gasteiger partial charge in [0.05, 0.1) is 31.8 Å². The molecule has 2 aromatic carbocycles. The molecule has 1 aliphatic carbocycles. The zero-order valence-electron chi connectivity index (χ0n) is 21.3. The van der Waals surface area contributed by atoms with E-state index in [9.17, 15) is 9.90 Å². The molecule has 7 nitrogen and oxygen atoms in total. The van der Waals surface area contributed by atoms with E-state index < -0.39 is 12.1 Å². The molecule has 37 heavy (non-hydrogen) atoms. The molecule has 3 aliphatic heterocycles. The van der Waals surface area contributed by atoms with E-state index in [1.165, 1.54) is 6.42 Å². The maximum Gasteiger partial charge on any atom is 0.311 e. The molecular weight excluding hydrogens is 468 g/mol. The number of aromatic nitrogens is 1. The van der Waals surface area contributed by atoms with Gasteiger partial charge in [-0.1, -0.05) is 24.3 Å². The highest BCUT2D eigenvalue weighted by Crippen LogP contribution is 2.43. The maximum atomic E-state index is 11.0. The van der Waals surface area contributed by atoms with Crippen LogP contribution in [-0.4, -0.2) is 59.4 Å². The first-order chi connectivity index (χ1) is 17.9. The van der Waals surface area contributed by atoms with Crippen molar-refractivity contribution >= 4 is 16.9 Å². The van der Waals surface area contributed by atoms with Crippen molar-refractivity contribution in [3.8, 4) is 11.5 Å². The van der Waals surface area contributed by atoms with Gasteiger partial charge in [0.15, 0.2) is 11.5 Å². The van der Waals surface area contributed by atoms with Crippen LogP contribution >= 0.6 is 0 Å². The molecule has 7 rings (SSSR count). The molecule has 0 amide bonds. The van der Waals surface area contributed by atoms with Gasteiger partial charge in [0, 0.05) is 24.2 Å². The van der Waals surface area contributed by atoms with Crippen LogP contribution in [0.1, 0.15) is 41.6 Å². The summed E-state index contributed by atoms with van der Waals surface area (Å²) in [4.78, 5) is 17.7. The molecular formula is C30H34N2O5. The number of para-hydroxylation sites is 1. The Balaban J connectivity index is 0.000000164. The first-order valence-corrected chi connectivity index (χ1v) is 12.8. The molecule has 3 saturated heterocycles. The SMILES string of the molecule is C=C[C@H]1C[N@]2CC[C@H]1C[C@@H]2[C@@H](O)c1ccnc2ccccc12.COc1cc2c(cc1OC)[C@@H](C(=O)O)C2. The molecule has 2 bridgehead atoms. The van der Waals surface area contributed by atoms with Gasteiger partial charge in [0.1, 0.15) is 0 Å². The summed E-state index contributed by atoms with van der Waals surface area (Å²) in [6, 6.07) is 13.9. The lowest BCUT2D eigenvalue weighted by atomic mass is 9.73. The summed E-state index contributed by atoms with van der Waals surface area (Å²) in [5, 5.41) is 21.0. The highest BCUT2D eigenvalue weighted by atomic mass is 16.5. The molecule has 7 heteroatoms. The number of aliphatic hydroxyl groups is 1. The van der Waals surface area contributed by atoms with Gasteiger partial charge in [-0.05, 0) is 78.6 Å². The van der Waals surface area contributed by atoms with Gasteiger partial charge in [0.2, 0.25) is 0 Å². The predicted octanol–water partition coefficient (Wildman–Crippen LogP) is 4.59. The number of ether oxygens (including phenoxy) is 2. The summed E-state index contributed by atoms with van der Waals surface area (Å²) in [6.07, 6.45) is 6.34. The number of benzene rings is 2. The fraction of sp³-hybridized carbons (Fsp3) is 0.400. The summed E-state index contributed by atoms with van der Waals surface area (Å²) in [7, 11) is 3.11. The van der Waals surface area contributed by atoms with Crippen LogP contribution in [0.4, 0.5) is 0 Å². The number of fused-ring (bicyclic) bond motifs is 5. The summed E-state index contributed by atoms with van der Waals surface area (Å²) in [5.41, 5.74) is 3.83. The van der Waals surface area contributed by atoms with E-state index >= 15 is 0 Å². The Kier molecular flexibility index (Phi) is 7.17. The number of carboxylic acids is 1. The van der Waals surface area contributed by atoms with E-state index in [1.807, 2.05) is 36.5 Å². The largest absolute Gasteiger partial charge is 0.493 e. The van der Waals surface area contributed by atoms with Gasteiger partial charge in [-0.25, -0.2) is 0 Å². The number of carboxylic acid groups (broad SMARTS) is 1. The molecule has 0 unspecified atom stereocenters. The Morgan fingerprint density at radius 2 is 1.95 bits per heavy atom. The average Bonchev–Trinajstić information content (AvgIpc) is 2.93. The van der Waals surface area contributed by atoms with Gasteiger partial charge < -0.3 is 19.7 Å². The predicted molar refractivity (Wildman–Crippen MR) is 142 cm³/mol. The quantitative estimate of drug-likeness (QED) is 0.476. The van der Waals surface area contributed by atoms with Gasteiger partial charge >= 0.3 is 5.97 Å². The van der Waals surface area contributed by atoms with Crippen molar-refractivity contribution in [3.05, 3.63) is 78.0 Å². The molecule has 0 saturated carbocycles. The molecule has 3 fully saturated rings. The Bertz CT molecular complexity index is 1300. The third-order valence-corrected chi connectivity index (χ3v) is 8.26. The third-order valence-electron chi connectivity index (χ3n) is 8.26. The molecule has 1 aromatic heterocycles. The molecule has 2 N–H and O–H groups in total. The Morgan fingerprint density at radius 1 is 1.19 bits per heavy atom. The Morgan fingerprint density at radius 3 is 2.62 bits per heavy atom. The van der Waals surface area contributed by atoms with Gasteiger partial charge in [-0.3, -0.25) is 14.7 Å². The van der Waals surface area contributed by atoms with E-state index in [1.54, 1.807) is 20.3 Å². The molecule has 4 heterocycles. The summed E-state index contributed by atoms with van der Waals surface area (Å²) in [5.74, 6) is 1.33. The van der Waals surface area contributed by atoms with Crippen molar-refractivity contribution in [2.45, 2.75) is 37.3 Å². The second-order valence-corrected chi connectivity index (χ2v) is 10.1. The van der Waals surface area contributed by atoms with Crippen LogP contribution in [0.25, 0.3) is 10.9 Å². The highest BCUT2D eigenvalue weighted by Gasteiger charge is 2.42. The van der Waals surface area contributed by atoms with Crippen LogP contribution in [0.5, 0.6) is 11.5 Å². The minimum Gasteiger partial charge on any atom is -0.493 e.